The van der Waals surface area contributed by atoms with Gasteiger partial charge in [-0.2, -0.15) is 0 Å². The molecule has 0 aliphatic rings. The Morgan fingerprint density at radius 3 is 2.48 bits per heavy atom. The summed E-state index contributed by atoms with van der Waals surface area (Å²) in [4.78, 5) is 8.97. The summed E-state index contributed by atoms with van der Waals surface area (Å²) >= 11 is 1.69. The minimum absolute atomic E-state index is 0. The zero-order chi connectivity index (χ0) is 18.2. The standard InChI is InChI=1S/C18H34N4OS.HI/c1-8-23-14(13(2)3)9-10-20-17(19-7)21-11-16-22-15(12-24-16)18(4,5)6;/h12-14H,8-11H2,1-7H3,(H2,19,20,21);1H. The van der Waals surface area contributed by atoms with Gasteiger partial charge in [-0.3, -0.25) is 4.99 Å². The van der Waals surface area contributed by atoms with Crippen LogP contribution in [0.4, 0.5) is 0 Å². The van der Waals surface area contributed by atoms with Crippen molar-refractivity contribution in [3.05, 3.63) is 16.1 Å². The van der Waals surface area contributed by atoms with Gasteiger partial charge in [0.2, 0.25) is 0 Å². The van der Waals surface area contributed by atoms with Crippen molar-refractivity contribution in [3.8, 4) is 0 Å². The molecule has 0 aromatic carbocycles. The van der Waals surface area contributed by atoms with Gasteiger partial charge in [-0.05, 0) is 19.3 Å². The largest absolute Gasteiger partial charge is 0.378 e. The predicted molar refractivity (Wildman–Crippen MR) is 119 cm³/mol. The van der Waals surface area contributed by atoms with Crippen LogP contribution in [0.1, 0.15) is 58.7 Å². The van der Waals surface area contributed by atoms with Crippen molar-refractivity contribution < 1.29 is 4.74 Å². The Kier molecular flexibility index (Phi) is 11.9. The lowest BCUT2D eigenvalue weighted by Gasteiger charge is -2.21. The normalized spacial score (nSPS) is 13.5. The lowest BCUT2D eigenvalue weighted by atomic mass is 9.93. The van der Waals surface area contributed by atoms with Crippen molar-refractivity contribution in [2.45, 2.75) is 66.0 Å². The Balaban J connectivity index is 0.00000576. The van der Waals surface area contributed by atoms with Crippen LogP contribution in [0.15, 0.2) is 10.4 Å². The first kappa shape index (κ1) is 24.6. The molecule has 0 spiro atoms. The summed E-state index contributed by atoms with van der Waals surface area (Å²) < 4.78 is 5.77. The van der Waals surface area contributed by atoms with E-state index in [9.17, 15) is 0 Å². The van der Waals surface area contributed by atoms with Crippen molar-refractivity contribution in [1.82, 2.24) is 15.6 Å². The van der Waals surface area contributed by atoms with E-state index in [1.54, 1.807) is 18.4 Å². The first-order valence-corrected chi connectivity index (χ1v) is 9.66. The highest BCUT2D eigenvalue weighted by Gasteiger charge is 2.17. The average Bonchev–Trinajstić information content (AvgIpc) is 2.98. The van der Waals surface area contributed by atoms with Crippen LogP contribution in [0, 0.1) is 5.92 Å². The van der Waals surface area contributed by atoms with Gasteiger partial charge in [0.1, 0.15) is 5.01 Å². The molecule has 2 N–H and O–H groups in total. The minimum Gasteiger partial charge on any atom is -0.378 e. The quantitative estimate of drug-likeness (QED) is 0.332. The molecule has 0 bridgehead atoms. The smallest absolute Gasteiger partial charge is 0.191 e. The van der Waals surface area contributed by atoms with Crippen molar-refractivity contribution in [3.63, 3.8) is 0 Å². The number of aromatic nitrogens is 1. The van der Waals surface area contributed by atoms with Crippen molar-refractivity contribution in [1.29, 1.82) is 0 Å². The molecule has 0 aliphatic carbocycles. The van der Waals surface area contributed by atoms with Crippen LogP contribution < -0.4 is 10.6 Å². The van der Waals surface area contributed by atoms with E-state index in [0.717, 1.165) is 36.2 Å². The molecule has 1 heterocycles. The lowest BCUT2D eigenvalue weighted by molar-refractivity contribution is 0.0258. The van der Waals surface area contributed by atoms with Gasteiger partial charge in [0, 0.05) is 31.0 Å². The second kappa shape index (κ2) is 12.1. The van der Waals surface area contributed by atoms with Crippen molar-refractivity contribution >= 4 is 41.3 Å². The second-order valence-electron chi connectivity index (χ2n) is 7.26. The maximum atomic E-state index is 5.77. The summed E-state index contributed by atoms with van der Waals surface area (Å²) in [5.41, 5.74) is 1.24. The van der Waals surface area contributed by atoms with Gasteiger partial charge in [-0.25, -0.2) is 4.98 Å². The molecule has 25 heavy (non-hydrogen) atoms. The Morgan fingerprint density at radius 2 is 2.00 bits per heavy atom. The van der Waals surface area contributed by atoms with Crippen molar-refractivity contribution in [2.75, 3.05) is 20.2 Å². The average molecular weight is 482 g/mol. The molecule has 1 aromatic heterocycles. The summed E-state index contributed by atoms with van der Waals surface area (Å²) in [6.07, 6.45) is 1.26. The molecule has 1 atom stereocenters. The number of halogens is 1. The summed E-state index contributed by atoms with van der Waals surface area (Å²) in [5, 5.41) is 9.91. The minimum atomic E-state index is 0. The monoisotopic (exact) mass is 482 g/mol. The van der Waals surface area contributed by atoms with E-state index in [0.29, 0.717) is 12.5 Å². The third-order valence-electron chi connectivity index (χ3n) is 3.80. The summed E-state index contributed by atoms with van der Waals surface area (Å²) in [6, 6.07) is 0. The highest BCUT2D eigenvalue weighted by atomic mass is 127. The van der Waals surface area contributed by atoms with E-state index in [1.807, 2.05) is 6.92 Å². The van der Waals surface area contributed by atoms with E-state index < -0.39 is 0 Å². The molecule has 0 saturated carbocycles. The second-order valence-corrected chi connectivity index (χ2v) is 8.20. The topological polar surface area (TPSA) is 58.5 Å². The zero-order valence-electron chi connectivity index (χ0n) is 16.7. The van der Waals surface area contributed by atoms with Gasteiger partial charge >= 0.3 is 0 Å². The Hall–Kier alpha value is -0.410. The molecule has 0 saturated heterocycles. The zero-order valence-corrected chi connectivity index (χ0v) is 19.8. The molecular formula is C18H35IN4OS. The maximum Gasteiger partial charge on any atom is 0.191 e. The molecule has 0 fully saturated rings. The Labute approximate surface area is 174 Å². The highest BCUT2D eigenvalue weighted by Crippen LogP contribution is 2.23. The molecule has 7 heteroatoms. The van der Waals surface area contributed by atoms with Crippen LogP contribution in [0.5, 0.6) is 0 Å². The van der Waals surface area contributed by atoms with Crippen LogP contribution in [-0.2, 0) is 16.7 Å². The van der Waals surface area contributed by atoms with E-state index in [4.69, 9.17) is 9.72 Å². The molecule has 0 aliphatic heterocycles. The van der Waals surface area contributed by atoms with Gasteiger partial charge in [0.15, 0.2) is 5.96 Å². The van der Waals surface area contributed by atoms with Gasteiger partial charge in [0.05, 0.1) is 18.3 Å². The van der Waals surface area contributed by atoms with Crippen LogP contribution in [-0.4, -0.2) is 37.2 Å². The first-order valence-electron chi connectivity index (χ1n) is 8.78. The summed E-state index contributed by atoms with van der Waals surface area (Å²) in [6.45, 7) is 15.3. The van der Waals surface area contributed by atoms with Gasteiger partial charge < -0.3 is 15.4 Å². The Bertz CT molecular complexity index is 511. The third-order valence-corrected chi connectivity index (χ3v) is 4.65. The van der Waals surface area contributed by atoms with Crippen LogP contribution in [0.25, 0.3) is 0 Å². The number of thiazole rings is 1. The van der Waals surface area contributed by atoms with E-state index in [2.05, 4.69) is 55.6 Å². The highest BCUT2D eigenvalue weighted by molar-refractivity contribution is 14.0. The number of hydrogen-bond acceptors (Lipinski definition) is 4. The van der Waals surface area contributed by atoms with Gasteiger partial charge in [0.25, 0.3) is 0 Å². The van der Waals surface area contributed by atoms with E-state index >= 15 is 0 Å². The number of ether oxygens (including phenoxy) is 1. The number of guanidine groups is 1. The molecular weight excluding hydrogens is 447 g/mol. The van der Waals surface area contributed by atoms with Crippen LogP contribution in [0.2, 0.25) is 0 Å². The number of hydrogen-bond donors (Lipinski definition) is 2. The fraction of sp³-hybridized carbons (Fsp3) is 0.778. The van der Waals surface area contributed by atoms with Gasteiger partial charge in [-0.15, -0.1) is 35.3 Å². The lowest BCUT2D eigenvalue weighted by Crippen LogP contribution is -2.39. The Morgan fingerprint density at radius 1 is 1.32 bits per heavy atom. The first-order chi connectivity index (χ1) is 11.3. The summed E-state index contributed by atoms with van der Waals surface area (Å²) in [5.74, 6) is 1.33. The maximum absolute atomic E-state index is 5.77. The van der Waals surface area contributed by atoms with Crippen molar-refractivity contribution in [2.24, 2.45) is 10.9 Å². The summed E-state index contributed by atoms with van der Waals surface area (Å²) in [7, 11) is 1.79. The van der Waals surface area contributed by atoms with E-state index in [1.165, 1.54) is 0 Å². The SMILES string of the molecule is CCOC(CCNC(=NC)NCc1nc(C(C)(C)C)cs1)C(C)C.I. The number of nitrogens with zero attached hydrogens (tertiary/aromatic N) is 2. The molecule has 0 radical (unpaired) electrons. The third kappa shape index (κ3) is 9.19. The molecule has 1 unspecified atom stereocenters. The number of rotatable bonds is 8. The molecule has 146 valence electrons. The molecule has 5 nitrogen and oxygen atoms in total. The fourth-order valence-electron chi connectivity index (χ4n) is 2.27. The van der Waals surface area contributed by atoms with E-state index in [-0.39, 0.29) is 35.5 Å². The molecule has 1 rings (SSSR count). The van der Waals surface area contributed by atoms with Gasteiger partial charge in [-0.1, -0.05) is 34.6 Å². The molecule has 1 aromatic rings. The predicted octanol–water partition coefficient (Wildman–Crippen LogP) is 4.17. The van der Waals surface area contributed by atoms with Crippen LogP contribution >= 0.6 is 35.3 Å². The molecule has 0 amide bonds. The van der Waals surface area contributed by atoms with Crippen LogP contribution in [0.3, 0.4) is 0 Å². The number of aliphatic imine (C=N–C) groups is 1. The fourth-order valence-corrected chi connectivity index (χ4v) is 3.23. The number of nitrogens with one attached hydrogen (secondary N) is 2.